The van der Waals surface area contributed by atoms with Gasteiger partial charge in [-0.3, -0.25) is 4.98 Å². The van der Waals surface area contributed by atoms with Crippen LogP contribution in [0, 0.1) is 11.3 Å². The van der Waals surface area contributed by atoms with E-state index >= 15 is 0 Å². The highest BCUT2D eigenvalue weighted by molar-refractivity contribution is 5.88. The molecule has 0 N–H and O–H groups in total. The van der Waals surface area contributed by atoms with Gasteiger partial charge in [0.2, 0.25) is 0 Å². The van der Waals surface area contributed by atoms with Crippen molar-refractivity contribution in [1.82, 2.24) is 4.98 Å². The Morgan fingerprint density at radius 3 is 2.75 bits per heavy atom. The number of allylic oxidation sites excluding steroid dienone is 1. The van der Waals surface area contributed by atoms with E-state index in [-0.39, 0.29) is 6.10 Å². The van der Waals surface area contributed by atoms with Crippen LogP contribution in [0.15, 0.2) is 48.7 Å². The van der Waals surface area contributed by atoms with Crippen molar-refractivity contribution < 1.29 is 4.74 Å². The highest BCUT2D eigenvalue weighted by atomic mass is 16.5. The van der Waals surface area contributed by atoms with Crippen LogP contribution in [0.2, 0.25) is 0 Å². The maximum atomic E-state index is 9.27. The summed E-state index contributed by atoms with van der Waals surface area (Å²) in [4.78, 5) is 4.19. The van der Waals surface area contributed by atoms with E-state index in [1.165, 1.54) is 0 Å². The number of nitriles is 1. The molecular weight excluding hydrogens is 248 g/mol. The second-order valence-corrected chi connectivity index (χ2v) is 4.62. The molecule has 1 aromatic carbocycles. The summed E-state index contributed by atoms with van der Waals surface area (Å²) in [5, 5.41) is 9.27. The average molecular weight is 264 g/mol. The largest absolute Gasteiger partial charge is 0.491 e. The Bertz CT molecular complexity index is 640. The summed E-state index contributed by atoms with van der Waals surface area (Å²) in [5.74, 6) is 0.798. The lowest BCUT2D eigenvalue weighted by molar-refractivity contribution is 0.242. The zero-order valence-electron chi connectivity index (χ0n) is 11.6. The van der Waals surface area contributed by atoms with Crippen molar-refractivity contribution in [1.29, 1.82) is 5.26 Å². The van der Waals surface area contributed by atoms with Gasteiger partial charge < -0.3 is 4.74 Å². The van der Waals surface area contributed by atoms with Gasteiger partial charge in [0.15, 0.2) is 0 Å². The number of nitrogens with zero attached hydrogens (tertiary/aromatic N) is 2. The molecule has 2 aromatic rings. The monoisotopic (exact) mass is 264 g/mol. The van der Waals surface area contributed by atoms with E-state index in [0.29, 0.717) is 11.3 Å². The van der Waals surface area contributed by atoms with Crippen molar-refractivity contribution in [2.24, 2.45) is 0 Å². The standard InChI is InChI=1S/C17H16N2O/c1-13(2)20-16-7-5-6-14(11-16)10-15(12-18)17-8-3-4-9-19-17/h3-11,13H,1-2H3/b15-10+. The first kappa shape index (κ1) is 13.8. The van der Waals surface area contributed by atoms with E-state index in [1.54, 1.807) is 6.20 Å². The van der Waals surface area contributed by atoms with Crippen molar-refractivity contribution in [2.75, 3.05) is 0 Å². The Labute approximate surface area is 119 Å². The Morgan fingerprint density at radius 1 is 1.25 bits per heavy atom. The summed E-state index contributed by atoms with van der Waals surface area (Å²) in [5.41, 5.74) is 2.13. The van der Waals surface area contributed by atoms with Crippen molar-refractivity contribution in [3.05, 3.63) is 59.9 Å². The fraction of sp³-hybridized carbons (Fsp3) is 0.176. The second kappa shape index (κ2) is 6.53. The first-order valence-electron chi connectivity index (χ1n) is 6.49. The maximum Gasteiger partial charge on any atom is 0.120 e. The maximum absolute atomic E-state index is 9.27. The topological polar surface area (TPSA) is 45.9 Å². The summed E-state index contributed by atoms with van der Waals surface area (Å²) in [6, 6.07) is 15.4. The molecule has 0 spiro atoms. The fourth-order valence-corrected chi connectivity index (χ4v) is 1.80. The molecular formula is C17H16N2O. The first-order chi connectivity index (χ1) is 9.69. The van der Waals surface area contributed by atoms with Crippen LogP contribution in [-0.2, 0) is 0 Å². The molecule has 100 valence electrons. The number of benzene rings is 1. The van der Waals surface area contributed by atoms with Gasteiger partial charge in [-0.05, 0) is 49.8 Å². The van der Waals surface area contributed by atoms with Crippen LogP contribution in [0.3, 0.4) is 0 Å². The van der Waals surface area contributed by atoms with Gasteiger partial charge in [0.1, 0.15) is 11.8 Å². The van der Waals surface area contributed by atoms with Crippen LogP contribution < -0.4 is 4.74 Å². The van der Waals surface area contributed by atoms with E-state index in [4.69, 9.17) is 4.74 Å². The zero-order chi connectivity index (χ0) is 14.4. The molecule has 0 aliphatic carbocycles. The number of hydrogen-bond donors (Lipinski definition) is 0. The lowest BCUT2D eigenvalue weighted by Crippen LogP contribution is -2.05. The predicted molar refractivity (Wildman–Crippen MR) is 79.9 cm³/mol. The molecule has 0 aliphatic heterocycles. The minimum atomic E-state index is 0.125. The van der Waals surface area contributed by atoms with Crippen molar-refractivity contribution in [2.45, 2.75) is 20.0 Å². The van der Waals surface area contributed by atoms with Gasteiger partial charge in [-0.2, -0.15) is 5.26 Å². The van der Waals surface area contributed by atoms with Crippen LogP contribution in [0.1, 0.15) is 25.1 Å². The Kier molecular flexibility index (Phi) is 4.52. The molecule has 0 aliphatic rings. The molecule has 20 heavy (non-hydrogen) atoms. The molecule has 2 rings (SSSR count). The molecule has 0 saturated heterocycles. The van der Waals surface area contributed by atoms with Gasteiger partial charge in [-0.15, -0.1) is 0 Å². The van der Waals surface area contributed by atoms with E-state index in [0.717, 1.165) is 11.3 Å². The molecule has 0 amide bonds. The summed E-state index contributed by atoms with van der Waals surface area (Å²) in [6.45, 7) is 3.97. The predicted octanol–water partition coefficient (Wildman–Crippen LogP) is 3.93. The molecule has 0 atom stereocenters. The number of ether oxygens (including phenoxy) is 1. The number of aromatic nitrogens is 1. The summed E-state index contributed by atoms with van der Waals surface area (Å²) >= 11 is 0. The summed E-state index contributed by atoms with van der Waals surface area (Å²) in [6.07, 6.45) is 3.62. The minimum Gasteiger partial charge on any atom is -0.491 e. The highest BCUT2D eigenvalue weighted by Crippen LogP contribution is 2.20. The van der Waals surface area contributed by atoms with E-state index in [2.05, 4.69) is 11.1 Å². The Morgan fingerprint density at radius 2 is 2.10 bits per heavy atom. The Balaban J connectivity index is 2.31. The molecule has 1 heterocycles. The van der Waals surface area contributed by atoms with E-state index in [9.17, 15) is 5.26 Å². The van der Waals surface area contributed by atoms with Crippen LogP contribution in [-0.4, -0.2) is 11.1 Å². The van der Waals surface area contributed by atoms with Gasteiger partial charge in [0, 0.05) is 6.20 Å². The lowest BCUT2D eigenvalue weighted by Gasteiger charge is -2.09. The lowest BCUT2D eigenvalue weighted by atomic mass is 10.1. The fourth-order valence-electron chi connectivity index (χ4n) is 1.80. The van der Waals surface area contributed by atoms with Crippen molar-refractivity contribution >= 4 is 11.6 Å². The van der Waals surface area contributed by atoms with Crippen LogP contribution in [0.4, 0.5) is 0 Å². The zero-order valence-corrected chi connectivity index (χ0v) is 11.6. The van der Waals surface area contributed by atoms with Gasteiger partial charge in [-0.25, -0.2) is 0 Å². The van der Waals surface area contributed by atoms with Gasteiger partial charge in [0.25, 0.3) is 0 Å². The number of rotatable bonds is 4. The van der Waals surface area contributed by atoms with Gasteiger partial charge in [0.05, 0.1) is 17.4 Å². The Hall–Kier alpha value is -2.60. The third-order valence-corrected chi connectivity index (χ3v) is 2.60. The van der Waals surface area contributed by atoms with Crippen LogP contribution in [0.5, 0.6) is 5.75 Å². The second-order valence-electron chi connectivity index (χ2n) is 4.62. The molecule has 0 saturated carbocycles. The first-order valence-corrected chi connectivity index (χ1v) is 6.49. The van der Waals surface area contributed by atoms with Crippen LogP contribution >= 0.6 is 0 Å². The smallest absolute Gasteiger partial charge is 0.120 e. The molecule has 0 radical (unpaired) electrons. The molecule has 3 heteroatoms. The molecule has 0 unspecified atom stereocenters. The quantitative estimate of drug-likeness (QED) is 0.786. The molecule has 0 bridgehead atoms. The highest BCUT2D eigenvalue weighted by Gasteiger charge is 2.03. The third kappa shape index (κ3) is 3.69. The minimum absolute atomic E-state index is 0.125. The van der Waals surface area contributed by atoms with Gasteiger partial charge >= 0.3 is 0 Å². The normalized spacial score (nSPS) is 11.2. The molecule has 3 nitrogen and oxygen atoms in total. The van der Waals surface area contributed by atoms with Gasteiger partial charge in [-0.1, -0.05) is 18.2 Å². The third-order valence-electron chi connectivity index (χ3n) is 2.60. The number of pyridine rings is 1. The van der Waals surface area contributed by atoms with Crippen molar-refractivity contribution in [3.8, 4) is 11.8 Å². The average Bonchev–Trinajstić information content (AvgIpc) is 2.45. The summed E-state index contributed by atoms with van der Waals surface area (Å²) < 4.78 is 5.65. The molecule has 1 aromatic heterocycles. The van der Waals surface area contributed by atoms with E-state index < -0.39 is 0 Å². The SMILES string of the molecule is CC(C)Oc1cccc(/C=C(\C#N)c2ccccn2)c1. The summed E-state index contributed by atoms with van der Waals surface area (Å²) in [7, 11) is 0. The molecule has 0 fully saturated rings. The van der Waals surface area contributed by atoms with Crippen molar-refractivity contribution in [3.63, 3.8) is 0 Å². The van der Waals surface area contributed by atoms with Crippen LogP contribution in [0.25, 0.3) is 11.6 Å². The number of hydrogen-bond acceptors (Lipinski definition) is 3. The van der Waals surface area contributed by atoms with E-state index in [1.807, 2.05) is 62.4 Å².